The highest BCUT2D eigenvalue weighted by atomic mass is 32.2. The lowest BCUT2D eigenvalue weighted by atomic mass is 10.0. The van der Waals surface area contributed by atoms with E-state index in [1.807, 2.05) is 6.07 Å². The van der Waals surface area contributed by atoms with Gasteiger partial charge in [-0.25, -0.2) is 0 Å². The third-order valence-corrected chi connectivity index (χ3v) is 5.98. The summed E-state index contributed by atoms with van der Waals surface area (Å²) < 4.78 is 0. The largest absolute Gasteiger partial charge is 0.338 e. The van der Waals surface area contributed by atoms with E-state index in [0.29, 0.717) is 18.4 Å². The van der Waals surface area contributed by atoms with Gasteiger partial charge in [0, 0.05) is 44.8 Å². The van der Waals surface area contributed by atoms with Crippen LogP contribution < -0.4 is 0 Å². The maximum atomic E-state index is 12.4. The van der Waals surface area contributed by atoms with Gasteiger partial charge in [0.25, 0.3) is 0 Å². The number of carbonyl (C=O) groups is 2. The van der Waals surface area contributed by atoms with Crippen LogP contribution in [-0.2, 0) is 16.1 Å². The van der Waals surface area contributed by atoms with Crippen LogP contribution in [0.1, 0.15) is 31.7 Å². The molecule has 2 atom stereocenters. The second-order valence-electron chi connectivity index (χ2n) is 6.94. The van der Waals surface area contributed by atoms with Crippen LogP contribution in [0.5, 0.6) is 0 Å². The highest BCUT2D eigenvalue weighted by Crippen LogP contribution is 2.27. The zero-order chi connectivity index (χ0) is 16.9. The van der Waals surface area contributed by atoms with Crippen LogP contribution in [0.3, 0.4) is 0 Å². The summed E-state index contributed by atoms with van der Waals surface area (Å²) in [4.78, 5) is 28.1. The first-order valence-electron chi connectivity index (χ1n) is 8.81. The third kappa shape index (κ3) is 4.61. The van der Waals surface area contributed by atoms with Gasteiger partial charge in [-0.2, -0.15) is 0 Å². The lowest BCUT2D eigenvalue weighted by Gasteiger charge is -2.37. The zero-order valence-electron chi connectivity index (χ0n) is 14.3. The van der Waals surface area contributed by atoms with E-state index in [4.69, 9.17) is 0 Å². The van der Waals surface area contributed by atoms with E-state index in [1.165, 1.54) is 17.3 Å². The molecular formula is C19H26N2O2S. The number of nitrogens with zero attached hydrogens (tertiary/aromatic N) is 2. The molecule has 4 nitrogen and oxygen atoms in total. The fourth-order valence-corrected chi connectivity index (χ4v) is 4.47. The summed E-state index contributed by atoms with van der Waals surface area (Å²) in [5, 5.41) is 0.146. The molecule has 0 radical (unpaired) electrons. The molecule has 0 spiro atoms. The molecule has 5 heteroatoms. The van der Waals surface area contributed by atoms with Gasteiger partial charge in [-0.05, 0) is 30.9 Å². The number of amides is 1. The normalized spacial score (nSPS) is 25.2. The average molecular weight is 346 g/mol. The van der Waals surface area contributed by atoms with Crippen molar-refractivity contribution in [1.29, 1.82) is 0 Å². The Hall–Kier alpha value is -1.33. The Labute approximate surface area is 148 Å². The van der Waals surface area contributed by atoms with Crippen molar-refractivity contribution in [2.24, 2.45) is 5.92 Å². The molecule has 2 saturated heterocycles. The number of hydrogen-bond donors (Lipinski definition) is 0. The van der Waals surface area contributed by atoms with Crippen LogP contribution in [0.2, 0.25) is 0 Å². The number of hydrogen-bond acceptors (Lipinski definition) is 4. The fourth-order valence-electron chi connectivity index (χ4n) is 3.78. The van der Waals surface area contributed by atoms with Gasteiger partial charge in [0.15, 0.2) is 5.12 Å². The second-order valence-corrected chi connectivity index (χ2v) is 8.13. The van der Waals surface area contributed by atoms with Gasteiger partial charge in [-0.15, -0.1) is 0 Å². The molecule has 0 aromatic heterocycles. The minimum Gasteiger partial charge on any atom is -0.338 e. The van der Waals surface area contributed by atoms with Gasteiger partial charge in [0.2, 0.25) is 5.91 Å². The van der Waals surface area contributed by atoms with Crippen LogP contribution in [0.4, 0.5) is 0 Å². The van der Waals surface area contributed by atoms with Crippen molar-refractivity contribution >= 4 is 22.8 Å². The van der Waals surface area contributed by atoms with Gasteiger partial charge < -0.3 is 4.90 Å². The van der Waals surface area contributed by atoms with Crippen molar-refractivity contribution in [3.05, 3.63) is 35.9 Å². The predicted molar refractivity (Wildman–Crippen MR) is 97.7 cm³/mol. The minimum absolute atomic E-state index is 0.146. The quantitative estimate of drug-likeness (QED) is 0.822. The standard InChI is InChI=1S/C19H26N2O2S/c1-15(22)24-14-17-10-19(23)21(12-17)18-8-5-9-20(13-18)11-16-6-3-2-4-7-16/h2-4,6-7,17-18H,5,8-14H2,1H3. The summed E-state index contributed by atoms with van der Waals surface area (Å²) in [5.41, 5.74) is 1.33. The molecule has 2 aliphatic rings. The molecule has 24 heavy (non-hydrogen) atoms. The van der Waals surface area contributed by atoms with Gasteiger partial charge in [0.1, 0.15) is 0 Å². The number of likely N-dealkylation sites (tertiary alicyclic amines) is 2. The maximum Gasteiger partial charge on any atom is 0.223 e. The maximum absolute atomic E-state index is 12.4. The fraction of sp³-hybridized carbons (Fsp3) is 0.579. The highest BCUT2D eigenvalue weighted by molar-refractivity contribution is 8.13. The summed E-state index contributed by atoms with van der Waals surface area (Å²) in [6, 6.07) is 10.9. The molecule has 1 amide bonds. The summed E-state index contributed by atoms with van der Waals surface area (Å²) in [7, 11) is 0. The van der Waals surface area contributed by atoms with Crippen molar-refractivity contribution < 1.29 is 9.59 Å². The van der Waals surface area contributed by atoms with E-state index in [9.17, 15) is 9.59 Å². The van der Waals surface area contributed by atoms with Crippen molar-refractivity contribution in [2.45, 2.75) is 38.8 Å². The molecule has 1 aromatic rings. The molecule has 0 aliphatic carbocycles. The van der Waals surface area contributed by atoms with Crippen molar-refractivity contribution in [3.63, 3.8) is 0 Å². The molecular weight excluding hydrogens is 320 g/mol. The molecule has 0 saturated carbocycles. The zero-order valence-corrected chi connectivity index (χ0v) is 15.1. The van der Waals surface area contributed by atoms with Gasteiger partial charge in [0.05, 0.1) is 0 Å². The summed E-state index contributed by atoms with van der Waals surface area (Å²) >= 11 is 1.35. The first kappa shape index (κ1) is 17.5. The molecule has 3 rings (SSSR count). The summed E-state index contributed by atoms with van der Waals surface area (Å²) in [6.45, 7) is 5.46. The Morgan fingerprint density at radius 1 is 1.25 bits per heavy atom. The minimum atomic E-state index is 0.146. The SMILES string of the molecule is CC(=O)SCC1CC(=O)N(C2CCCN(Cc3ccccc3)C2)C1. The van der Waals surface area contributed by atoms with Crippen LogP contribution in [0.15, 0.2) is 30.3 Å². The van der Waals surface area contributed by atoms with E-state index in [2.05, 4.69) is 34.1 Å². The third-order valence-electron chi connectivity index (χ3n) is 4.93. The Bertz CT molecular complexity index is 578. The number of thioether (sulfide) groups is 1. The van der Waals surface area contributed by atoms with E-state index in [1.54, 1.807) is 6.92 Å². The molecule has 0 bridgehead atoms. The second kappa shape index (κ2) is 8.17. The van der Waals surface area contributed by atoms with E-state index in [-0.39, 0.29) is 11.0 Å². The van der Waals surface area contributed by atoms with Gasteiger partial charge in [-0.1, -0.05) is 42.1 Å². The van der Waals surface area contributed by atoms with Crippen LogP contribution in [0, 0.1) is 5.92 Å². The van der Waals surface area contributed by atoms with E-state index < -0.39 is 0 Å². The van der Waals surface area contributed by atoms with Crippen molar-refractivity contribution in [1.82, 2.24) is 9.80 Å². The number of benzene rings is 1. The lowest BCUT2D eigenvalue weighted by molar-refractivity contribution is -0.130. The van der Waals surface area contributed by atoms with Crippen molar-refractivity contribution in [2.75, 3.05) is 25.4 Å². The average Bonchev–Trinajstić information content (AvgIpc) is 2.95. The van der Waals surface area contributed by atoms with E-state index in [0.717, 1.165) is 44.8 Å². The smallest absolute Gasteiger partial charge is 0.223 e. The Morgan fingerprint density at radius 2 is 2.04 bits per heavy atom. The van der Waals surface area contributed by atoms with Crippen LogP contribution in [-0.4, -0.2) is 52.3 Å². The first-order valence-corrected chi connectivity index (χ1v) is 9.79. The van der Waals surface area contributed by atoms with Crippen molar-refractivity contribution in [3.8, 4) is 0 Å². The molecule has 2 unspecified atom stereocenters. The number of piperidine rings is 1. The Balaban J connectivity index is 1.54. The molecule has 2 heterocycles. The van der Waals surface area contributed by atoms with Gasteiger partial charge >= 0.3 is 0 Å². The molecule has 1 aromatic carbocycles. The van der Waals surface area contributed by atoms with Gasteiger partial charge in [-0.3, -0.25) is 14.5 Å². The summed E-state index contributed by atoms with van der Waals surface area (Å²) in [6.07, 6.45) is 2.85. The molecule has 2 aliphatic heterocycles. The molecule has 130 valence electrons. The highest BCUT2D eigenvalue weighted by Gasteiger charge is 2.36. The summed E-state index contributed by atoms with van der Waals surface area (Å²) in [5.74, 6) is 1.38. The molecule has 0 N–H and O–H groups in total. The Kier molecular flexibility index (Phi) is 5.95. The first-order chi connectivity index (χ1) is 11.6. The predicted octanol–water partition coefficient (Wildman–Crippen LogP) is 2.78. The number of carbonyl (C=O) groups excluding carboxylic acids is 2. The van der Waals surface area contributed by atoms with E-state index >= 15 is 0 Å². The van der Waals surface area contributed by atoms with Crippen LogP contribution >= 0.6 is 11.8 Å². The monoisotopic (exact) mass is 346 g/mol. The number of rotatable bonds is 5. The lowest BCUT2D eigenvalue weighted by Crippen LogP contribution is -2.48. The van der Waals surface area contributed by atoms with Crippen LogP contribution in [0.25, 0.3) is 0 Å². The Morgan fingerprint density at radius 3 is 2.79 bits per heavy atom. The topological polar surface area (TPSA) is 40.6 Å². The molecule has 2 fully saturated rings.